The van der Waals surface area contributed by atoms with E-state index in [1.165, 1.54) is 16.7 Å². The zero-order valence-corrected chi connectivity index (χ0v) is 8.65. The first kappa shape index (κ1) is 8.27. The highest BCUT2D eigenvalue weighted by atomic mass is 79.9. The Hall–Kier alpha value is -0.340. The van der Waals surface area contributed by atoms with E-state index in [9.17, 15) is 0 Å². The summed E-state index contributed by atoms with van der Waals surface area (Å²) in [5.41, 5.74) is 4.19. The van der Waals surface area contributed by atoms with Crippen LogP contribution in [-0.2, 0) is 17.8 Å². The Morgan fingerprint density at radius 2 is 2.25 bits per heavy atom. The summed E-state index contributed by atoms with van der Waals surface area (Å²) in [5.74, 6) is 0. The molecule has 12 heavy (non-hydrogen) atoms. The van der Waals surface area contributed by atoms with Crippen molar-refractivity contribution in [1.29, 1.82) is 0 Å². The highest BCUT2D eigenvalue weighted by Gasteiger charge is 2.11. The fraction of sp³-hybridized carbons (Fsp3) is 0.400. The Morgan fingerprint density at radius 3 is 3.08 bits per heavy atom. The number of benzene rings is 1. The number of aryl methyl sites for hydroxylation is 1. The summed E-state index contributed by atoms with van der Waals surface area (Å²) in [6, 6.07) is 4.33. The first-order valence-electron chi connectivity index (χ1n) is 4.13. The van der Waals surface area contributed by atoms with E-state index in [-0.39, 0.29) is 0 Å². The van der Waals surface area contributed by atoms with Crippen LogP contribution >= 0.6 is 15.9 Å². The second-order valence-electron chi connectivity index (χ2n) is 3.16. The SMILES string of the molecule is Cc1cc(Br)cc2c1CCOC2. The standard InChI is InChI=1S/C10H11BrO/c1-7-4-9(11)5-8-6-12-3-2-10(7)8/h4-5H,2-3,6H2,1H3. The molecule has 64 valence electrons. The largest absolute Gasteiger partial charge is 0.376 e. The first-order chi connectivity index (χ1) is 5.77. The maximum atomic E-state index is 5.39. The van der Waals surface area contributed by atoms with Crippen molar-refractivity contribution in [2.75, 3.05) is 6.61 Å². The maximum absolute atomic E-state index is 5.39. The zero-order valence-electron chi connectivity index (χ0n) is 7.06. The van der Waals surface area contributed by atoms with Crippen molar-refractivity contribution >= 4 is 15.9 Å². The molecule has 1 nitrogen and oxygen atoms in total. The Balaban J connectivity index is 2.53. The molecule has 0 bridgehead atoms. The van der Waals surface area contributed by atoms with Gasteiger partial charge in [-0.2, -0.15) is 0 Å². The molecule has 0 atom stereocenters. The number of ether oxygens (including phenoxy) is 1. The minimum Gasteiger partial charge on any atom is -0.376 e. The van der Waals surface area contributed by atoms with Gasteiger partial charge in [0.15, 0.2) is 0 Å². The van der Waals surface area contributed by atoms with Crippen LogP contribution in [0.1, 0.15) is 16.7 Å². The van der Waals surface area contributed by atoms with E-state index in [1.807, 2.05) is 0 Å². The van der Waals surface area contributed by atoms with Crippen molar-refractivity contribution < 1.29 is 4.74 Å². The van der Waals surface area contributed by atoms with Crippen molar-refractivity contribution in [2.24, 2.45) is 0 Å². The van der Waals surface area contributed by atoms with Crippen LogP contribution in [0.3, 0.4) is 0 Å². The molecule has 0 fully saturated rings. The molecule has 1 aromatic carbocycles. The van der Waals surface area contributed by atoms with E-state index in [2.05, 4.69) is 35.0 Å². The summed E-state index contributed by atoms with van der Waals surface area (Å²) in [4.78, 5) is 0. The Kier molecular flexibility index (Phi) is 2.20. The Bertz CT molecular complexity index is 307. The molecule has 2 heteroatoms. The van der Waals surface area contributed by atoms with E-state index in [0.717, 1.165) is 24.1 Å². The van der Waals surface area contributed by atoms with Crippen LogP contribution in [0.5, 0.6) is 0 Å². The highest BCUT2D eigenvalue weighted by Crippen LogP contribution is 2.24. The molecule has 0 spiro atoms. The van der Waals surface area contributed by atoms with Gasteiger partial charge in [0.05, 0.1) is 13.2 Å². The van der Waals surface area contributed by atoms with Crippen LogP contribution < -0.4 is 0 Å². The molecule has 1 heterocycles. The van der Waals surface area contributed by atoms with Crippen LogP contribution in [-0.4, -0.2) is 6.61 Å². The third kappa shape index (κ3) is 1.41. The van der Waals surface area contributed by atoms with E-state index >= 15 is 0 Å². The number of hydrogen-bond donors (Lipinski definition) is 0. The predicted molar refractivity (Wildman–Crippen MR) is 52.2 cm³/mol. The topological polar surface area (TPSA) is 9.23 Å². The lowest BCUT2D eigenvalue weighted by molar-refractivity contribution is 0.110. The summed E-state index contributed by atoms with van der Waals surface area (Å²) in [5, 5.41) is 0. The summed E-state index contributed by atoms with van der Waals surface area (Å²) >= 11 is 3.49. The van der Waals surface area contributed by atoms with Crippen LogP contribution in [0.15, 0.2) is 16.6 Å². The molecule has 1 aliphatic rings. The van der Waals surface area contributed by atoms with Gasteiger partial charge in [0.2, 0.25) is 0 Å². The average molecular weight is 227 g/mol. The summed E-state index contributed by atoms with van der Waals surface area (Å²) in [7, 11) is 0. The molecule has 0 aromatic heterocycles. The van der Waals surface area contributed by atoms with Crippen LogP contribution in [0.25, 0.3) is 0 Å². The van der Waals surface area contributed by atoms with Crippen LogP contribution in [0.2, 0.25) is 0 Å². The molecule has 0 saturated heterocycles. The van der Waals surface area contributed by atoms with Crippen molar-refractivity contribution in [3.05, 3.63) is 33.3 Å². The molecule has 0 aliphatic carbocycles. The highest BCUT2D eigenvalue weighted by molar-refractivity contribution is 9.10. The van der Waals surface area contributed by atoms with Gasteiger partial charge in [-0.3, -0.25) is 0 Å². The molecule has 2 rings (SSSR count). The molecule has 1 aromatic rings. The molecule has 0 radical (unpaired) electrons. The minimum atomic E-state index is 0.773. The van der Waals surface area contributed by atoms with Crippen molar-refractivity contribution in [3.63, 3.8) is 0 Å². The third-order valence-corrected chi connectivity index (χ3v) is 2.74. The van der Waals surface area contributed by atoms with E-state index in [1.54, 1.807) is 0 Å². The van der Waals surface area contributed by atoms with E-state index in [0.29, 0.717) is 0 Å². The summed E-state index contributed by atoms with van der Waals surface area (Å²) < 4.78 is 6.54. The quantitative estimate of drug-likeness (QED) is 0.662. The van der Waals surface area contributed by atoms with Crippen LogP contribution in [0.4, 0.5) is 0 Å². The third-order valence-electron chi connectivity index (χ3n) is 2.28. The summed E-state index contributed by atoms with van der Waals surface area (Å²) in [6.45, 7) is 3.81. The Morgan fingerprint density at radius 1 is 1.42 bits per heavy atom. The van der Waals surface area contributed by atoms with Crippen LogP contribution in [0, 0.1) is 6.92 Å². The van der Waals surface area contributed by atoms with Gasteiger partial charge in [0.25, 0.3) is 0 Å². The number of halogens is 1. The molecule has 0 unspecified atom stereocenters. The molecule has 1 aliphatic heterocycles. The Labute approximate surface area is 80.9 Å². The molecule has 0 amide bonds. The van der Waals surface area contributed by atoms with Crippen molar-refractivity contribution in [3.8, 4) is 0 Å². The normalized spacial score (nSPS) is 15.8. The van der Waals surface area contributed by atoms with Gasteiger partial charge < -0.3 is 4.74 Å². The van der Waals surface area contributed by atoms with Gasteiger partial charge in [-0.1, -0.05) is 15.9 Å². The summed E-state index contributed by atoms with van der Waals surface area (Å²) in [6.07, 6.45) is 1.06. The lowest BCUT2D eigenvalue weighted by Gasteiger charge is -2.18. The second-order valence-corrected chi connectivity index (χ2v) is 4.08. The van der Waals surface area contributed by atoms with Gasteiger partial charge in [-0.25, -0.2) is 0 Å². The van der Waals surface area contributed by atoms with Gasteiger partial charge in [-0.05, 0) is 42.2 Å². The van der Waals surface area contributed by atoms with Gasteiger partial charge in [0, 0.05) is 4.47 Å². The number of rotatable bonds is 0. The van der Waals surface area contributed by atoms with Gasteiger partial charge in [-0.15, -0.1) is 0 Å². The lowest BCUT2D eigenvalue weighted by Crippen LogP contribution is -2.11. The molecule has 0 N–H and O–H groups in total. The maximum Gasteiger partial charge on any atom is 0.0720 e. The fourth-order valence-corrected chi connectivity index (χ4v) is 2.31. The second kappa shape index (κ2) is 3.19. The predicted octanol–water partition coefficient (Wildman–Crippen LogP) is 2.83. The fourth-order valence-electron chi connectivity index (χ4n) is 1.69. The average Bonchev–Trinajstić information content (AvgIpc) is 2.04. The van der Waals surface area contributed by atoms with Crippen molar-refractivity contribution in [2.45, 2.75) is 20.0 Å². The lowest BCUT2D eigenvalue weighted by atomic mass is 9.98. The first-order valence-corrected chi connectivity index (χ1v) is 4.92. The minimum absolute atomic E-state index is 0.773. The zero-order chi connectivity index (χ0) is 8.55. The van der Waals surface area contributed by atoms with E-state index < -0.39 is 0 Å². The van der Waals surface area contributed by atoms with E-state index in [4.69, 9.17) is 4.74 Å². The van der Waals surface area contributed by atoms with Gasteiger partial charge in [0.1, 0.15) is 0 Å². The monoisotopic (exact) mass is 226 g/mol. The number of fused-ring (bicyclic) bond motifs is 1. The van der Waals surface area contributed by atoms with Crippen molar-refractivity contribution in [1.82, 2.24) is 0 Å². The number of hydrogen-bond acceptors (Lipinski definition) is 1. The van der Waals surface area contributed by atoms with Gasteiger partial charge >= 0.3 is 0 Å². The molecule has 0 saturated carbocycles. The molecular weight excluding hydrogens is 216 g/mol. The molecular formula is C10H11BrO. The smallest absolute Gasteiger partial charge is 0.0720 e.